The maximum Gasteiger partial charge on any atom is 0.174 e. The third-order valence-corrected chi connectivity index (χ3v) is 6.36. The zero-order valence-electron chi connectivity index (χ0n) is 17.9. The summed E-state index contributed by atoms with van der Waals surface area (Å²) in [5.74, 6) is 0.622. The van der Waals surface area contributed by atoms with E-state index < -0.39 is 0 Å². The number of thiocarbonyl (C=S) groups is 1. The van der Waals surface area contributed by atoms with Crippen molar-refractivity contribution in [2.45, 2.75) is 18.6 Å². The number of halogens is 1. The molecule has 0 spiro atoms. The zero-order chi connectivity index (χ0) is 22.8. The number of rotatable bonds is 6. The number of hydrogen-bond acceptors (Lipinski definition) is 4. The fraction of sp³-hybridized carbons (Fsp3) is 0.160. The highest BCUT2D eigenvalue weighted by Crippen LogP contribution is 2.43. The van der Waals surface area contributed by atoms with E-state index in [0.29, 0.717) is 22.4 Å². The van der Waals surface area contributed by atoms with Crippen LogP contribution in [0.25, 0.3) is 0 Å². The Morgan fingerprint density at radius 2 is 2.00 bits per heavy atom. The minimum atomic E-state index is -0.137. The first-order valence-electron chi connectivity index (χ1n) is 10.5. The van der Waals surface area contributed by atoms with Crippen LogP contribution in [-0.4, -0.2) is 26.8 Å². The lowest BCUT2D eigenvalue weighted by Crippen LogP contribution is -2.30. The molecule has 6 nitrogen and oxygen atoms in total. The van der Waals surface area contributed by atoms with Crippen LogP contribution >= 0.6 is 23.8 Å². The standard InChI is InChI=1S/C25H22ClN5OS/c1-32-22-10-9-18(14-19(22)26)31-24(23(29-25(31)33)20-7-2-3-12-28-20)21-8-5-13-30(21)16-17-6-4-11-27-15-17/h2-15,23-24H,16H2,1H3,(H,29,33)/t23-,24-/m0/s1. The summed E-state index contributed by atoms with van der Waals surface area (Å²) in [5.41, 5.74) is 4.03. The molecule has 166 valence electrons. The molecule has 0 saturated carbocycles. The summed E-state index contributed by atoms with van der Waals surface area (Å²) in [6.45, 7) is 0.700. The van der Waals surface area contributed by atoms with Gasteiger partial charge < -0.3 is 19.5 Å². The molecule has 0 amide bonds. The fourth-order valence-corrected chi connectivity index (χ4v) is 4.86. The van der Waals surface area contributed by atoms with E-state index in [9.17, 15) is 0 Å². The lowest BCUT2D eigenvalue weighted by atomic mass is 10.0. The Bertz CT molecular complexity index is 1260. The Balaban J connectivity index is 1.60. The summed E-state index contributed by atoms with van der Waals surface area (Å²) in [6.07, 6.45) is 7.56. The zero-order valence-corrected chi connectivity index (χ0v) is 19.5. The Hall–Kier alpha value is -3.42. The van der Waals surface area contributed by atoms with Gasteiger partial charge in [-0.05, 0) is 66.3 Å². The molecule has 1 aromatic carbocycles. The predicted octanol–water partition coefficient (Wildman–Crippen LogP) is 5.17. The normalized spacial score (nSPS) is 17.8. The van der Waals surface area contributed by atoms with Crippen LogP contribution in [0.2, 0.25) is 5.02 Å². The number of hydrogen-bond donors (Lipinski definition) is 1. The fourth-order valence-electron chi connectivity index (χ4n) is 4.27. The summed E-state index contributed by atoms with van der Waals surface area (Å²) in [6, 6.07) is 19.6. The van der Waals surface area contributed by atoms with E-state index in [2.05, 4.69) is 49.1 Å². The number of ether oxygens (including phenoxy) is 1. The van der Waals surface area contributed by atoms with E-state index in [0.717, 1.165) is 22.6 Å². The molecule has 5 rings (SSSR count). The Kier molecular flexibility index (Phi) is 5.98. The van der Waals surface area contributed by atoms with Gasteiger partial charge in [0.2, 0.25) is 0 Å². The third-order valence-electron chi connectivity index (χ3n) is 5.76. The van der Waals surface area contributed by atoms with Gasteiger partial charge in [-0.25, -0.2) is 0 Å². The number of methoxy groups -OCH3 is 1. The number of aromatic nitrogens is 3. The van der Waals surface area contributed by atoms with Crippen LogP contribution in [0.1, 0.15) is 29.0 Å². The van der Waals surface area contributed by atoms with Crippen molar-refractivity contribution in [3.05, 3.63) is 107 Å². The average molecular weight is 476 g/mol. The van der Waals surface area contributed by atoms with E-state index in [4.69, 9.17) is 28.6 Å². The third kappa shape index (κ3) is 4.17. The largest absolute Gasteiger partial charge is 0.495 e. The molecule has 4 aromatic rings. The summed E-state index contributed by atoms with van der Waals surface area (Å²) in [5, 5.41) is 4.64. The number of nitrogens with zero attached hydrogens (tertiary/aromatic N) is 4. The van der Waals surface area contributed by atoms with Crippen LogP contribution in [0.15, 0.2) is 85.5 Å². The number of pyridine rings is 2. The molecule has 1 fully saturated rings. The van der Waals surface area contributed by atoms with Gasteiger partial charge in [-0.2, -0.15) is 0 Å². The van der Waals surface area contributed by atoms with Gasteiger partial charge in [-0.1, -0.05) is 23.7 Å². The van der Waals surface area contributed by atoms with Gasteiger partial charge in [0, 0.05) is 42.7 Å². The van der Waals surface area contributed by atoms with Gasteiger partial charge in [0.25, 0.3) is 0 Å². The Morgan fingerprint density at radius 1 is 1.09 bits per heavy atom. The van der Waals surface area contributed by atoms with Crippen molar-refractivity contribution in [1.82, 2.24) is 19.9 Å². The highest BCUT2D eigenvalue weighted by Gasteiger charge is 2.42. The van der Waals surface area contributed by atoms with Gasteiger partial charge >= 0.3 is 0 Å². The van der Waals surface area contributed by atoms with Crippen molar-refractivity contribution < 1.29 is 4.74 Å². The number of benzene rings is 1. The van der Waals surface area contributed by atoms with Crippen molar-refractivity contribution >= 4 is 34.6 Å². The molecule has 4 heterocycles. The summed E-state index contributed by atoms with van der Waals surface area (Å²) in [4.78, 5) is 11.0. The molecule has 1 aliphatic rings. The van der Waals surface area contributed by atoms with Crippen LogP contribution in [0, 0.1) is 0 Å². The first-order chi connectivity index (χ1) is 16.2. The summed E-state index contributed by atoms with van der Waals surface area (Å²) < 4.78 is 7.57. The molecule has 1 aliphatic heterocycles. The maximum atomic E-state index is 6.48. The van der Waals surface area contributed by atoms with Crippen LogP contribution in [0.3, 0.4) is 0 Å². The number of anilines is 1. The molecule has 3 aromatic heterocycles. The first kappa shape index (κ1) is 21.4. The molecule has 1 N–H and O–H groups in total. The smallest absolute Gasteiger partial charge is 0.174 e. The highest BCUT2D eigenvalue weighted by molar-refractivity contribution is 7.80. The minimum Gasteiger partial charge on any atom is -0.495 e. The Morgan fingerprint density at radius 3 is 2.73 bits per heavy atom. The van der Waals surface area contributed by atoms with Crippen LogP contribution in [0.5, 0.6) is 5.75 Å². The van der Waals surface area contributed by atoms with E-state index in [1.54, 1.807) is 19.5 Å². The summed E-state index contributed by atoms with van der Waals surface area (Å²) in [7, 11) is 1.61. The average Bonchev–Trinajstić information content (AvgIpc) is 3.43. The van der Waals surface area contributed by atoms with Crippen LogP contribution in [-0.2, 0) is 6.54 Å². The van der Waals surface area contributed by atoms with Crippen molar-refractivity contribution in [3.8, 4) is 5.75 Å². The highest BCUT2D eigenvalue weighted by atomic mass is 35.5. The van der Waals surface area contributed by atoms with Crippen molar-refractivity contribution in [2.24, 2.45) is 0 Å². The molecule has 33 heavy (non-hydrogen) atoms. The van der Waals surface area contributed by atoms with E-state index in [-0.39, 0.29) is 12.1 Å². The monoisotopic (exact) mass is 475 g/mol. The second kappa shape index (κ2) is 9.21. The number of nitrogens with one attached hydrogen (secondary N) is 1. The molecule has 1 saturated heterocycles. The molecule has 0 unspecified atom stereocenters. The molecule has 0 aliphatic carbocycles. The lowest BCUT2D eigenvalue weighted by molar-refractivity contribution is 0.415. The predicted molar refractivity (Wildman–Crippen MR) is 134 cm³/mol. The quantitative estimate of drug-likeness (QED) is 0.388. The second-order valence-corrected chi connectivity index (χ2v) is 8.53. The maximum absolute atomic E-state index is 6.48. The van der Waals surface area contributed by atoms with Gasteiger partial charge in [-0.3, -0.25) is 9.97 Å². The topological polar surface area (TPSA) is 55.2 Å². The molecule has 0 radical (unpaired) electrons. The van der Waals surface area contributed by atoms with Crippen LogP contribution < -0.4 is 15.0 Å². The molecular weight excluding hydrogens is 454 g/mol. The second-order valence-electron chi connectivity index (χ2n) is 7.74. The van der Waals surface area contributed by atoms with Gasteiger partial charge in [0.1, 0.15) is 11.8 Å². The van der Waals surface area contributed by atoms with Gasteiger partial charge in [0.05, 0.1) is 23.9 Å². The van der Waals surface area contributed by atoms with Crippen molar-refractivity contribution in [3.63, 3.8) is 0 Å². The molecule has 8 heteroatoms. The van der Waals surface area contributed by atoms with Crippen molar-refractivity contribution in [2.75, 3.05) is 12.0 Å². The molecule has 2 atom stereocenters. The lowest BCUT2D eigenvalue weighted by Gasteiger charge is -2.29. The minimum absolute atomic E-state index is 0.136. The van der Waals surface area contributed by atoms with E-state index >= 15 is 0 Å². The first-order valence-corrected chi connectivity index (χ1v) is 11.3. The molecule has 0 bridgehead atoms. The molecular formula is C25H22ClN5OS. The van der Waals surface area contributed by atoms with E-state index in [1.807, 2.05) is 48.7 Å². The van der Waals surface area contributed by atoms with E-state index in [1.165, 1.54) is 0 Å². The Labute approximate surface area is 202 Å². The SMILES string of the molecule is COc1ccc(N2C(=S)N[C@@H](c3ccccn3)[C@@H]2c2cccn2Cc2cccnc2)cc1Cl. The van der Waals surface area contributed by atoms with Gasteiger partial charge in [0.15, 0.2) is 5.11 Å². The van der Waals surface area contributed by atoms with Gasteiger partial charge in [-0.15, -0.1) is 0 Å². The summed E-state index contributed by atoms with van der Waals surface area (Å²) >= 11 is 12.3. The van der Waals surface area contributed by atoms with Crippen molar-refractivity contribution in [1.29, 1.82) is 0 Å². The van der Waals surface area contributed by atoms with Crippen LogP contribution in [0.4, 0.5) is 5.69 Å².